The molecule has 0 saturated heterocycles. The van der Waals surface area contributed by atoms with Crippen molar-refractivity contribution in [2.75, 3.05) is 0 Å². The van der Waals surface area contributed by atoms with Crippen LogP contribution in [0.1, 0.15) is 98.0 Å². The van der Waals surface area contributed by atoms with Crippen molar-refractivity contribution in [1.29, 1.82) is 0 Å². The Balaban J connectivity index is 0.000000313. The first-order valence-electron chi connectivity index (χ1n) is 23.2. The molecule has 58 heavy (non-hydrogen) atoms. The van der Waals surface area contributed by atoms with Gasteiger partial charge in [-0.1, -0.05) is 130 Å². The molecule has 0 N–H and O–H groups in total. The van der Waals surface area contributed by atoms with Crippen molar-refractivity contribution in [2.45, 2.75) is 85.3 Å². The third-order valence-corrected chi connectivity index (χ3v) is 11.2. The normalized spacial score (nSPS) is 16.9. The van der Waals surface area contributed by atoms with E-state index in [2.05, 4.69) is 68.9 Å². The molecule has 1 saturated carbocycles. The standard InChI is InChI=1S/C39H36NO.C15H16N.Ir/c1-25-22-29(27-18-20-39(3,4)21-19-27)16-17-30(25)35-23-36(40-24-26(35)2)34-15-9-14-33-32-13-8-12-31(37(32)41-38(33)34)28-10-6-5-7-11-28;1-15(2,3)13-9-10-14(16-11-13)12-7-5-4-6-8-12;/h5-14,16-17,22-24,27H,18-21H2,1-4H3;4-7,9-11H,1-3H3;/q2*-1;/i1D3,2D3,27D;;. The van der Waals surface area contributed by atoms with E-state index in [-0.39, 0.29) is 53.2 Å². The Morgan fingerprint density at radius 2 is 1.45 bits per heavy atom. The molecule has 0 amide bonds. The van der Waals surface area contributed by atoms with Gasteiger partial charge in [-0.2, -0.15) is 0 Å². The van der Waals surface area contributed by atoms with E-state index in [1.807, 2.05) is 85.1 Å². The van der Waals surface area contributed by atoms with E-state index < -0.39 is 19.6 Å². The van der Waals surface area contributed by atoms with E-state index in [1.54, 1.807) is 30.3 Å². The summed E-state index contributed by atoms with van der Waals surface area (Å²) in [5, 5.41) is 1.79. The largest absolute Gasteiger partial charge is 0.500 e. The molecule has 0 bridgehead atoms. The number of aryl methyl sites for hydroxylation is 2. The van der Waals surface area contributed by atoms with Crippen LogP contribution >= 0.6 is 0 Å². The summed E-state index contributed by atoms with van der Waals surface area (Å²) in [6, 6.07) is 45.0. The molecule has 3 nitrogen and oxygen atoms in total. The molecule has 295 valence electrons. The van der Waals surface area contributed by atoms with E-state index in [9.17, 15) is 1.37 Å². The minimum atomic E-state index is -2.56. The molecule has 1 radical (unpaired) electrons. The molecular weight excluding hydrogens is 885 g/mol. The summed E-state index contributed by atoms with van der Waals surface area (Å²) in [5.74, 6) is -0.908. The van der Waals surface area contributed by atoms with E-state index in [0.29, 0.717) is 35.2 Å². The van der Waals surface area contributed by atoms with Crippen molar-refractivity contribution in [3.63, 3.8) is 0 Å². The maximum absolute atomic E-state index is 9.30. The van der Waals surface area contributed by atoms with Gasteiger partial charge in [0, 0.05) is 53.0 Å². The van der Waals surface area contributed by atoms with Crippen molar-refractivity contribution >= 4 is 21.9 Å². The van der Waals surface area contributed by atoms with Crippen LogP contribution in [-0.4, -0.2) is 9.97 Å². The smallest absolute Gasteiger partial charge is 0.128 e. The summed E-state index contributed by atoms with van der Waals surface area (Å²) in [5.41, 5.74) is 8.94. The Hall–Kier alpha value is -5.15. The van der Waals surface area contributed by atoms with Crippen LogP contribution in [-0.2, 0) is 25.5 Å². The Morgan fingerprint density at radius 3 is 2.16 bits per heavy atom. The molecule has 0 atom stereocenters. The summed E-state index contributed by atoms with van der Waals surface area (Å²) in [6.45, 7) is 5.87. The first-order chi connectivity index (χ1) is 30.2. The summed E-state index contributed by atoms with van der Waals surface area (Å²) >= 11 is 0. The number of pyridine rings is 2. The fourth-order valence-electron chi connectivity index (χ4n) is 7.68. The van der Waals surface area contributed by atoms with Gasteiger partial charge in [0.2, 0.25) is 0 Å². The van der Waals surface area contributed by atoms with Crippen molar-refractivity contribution < 1.29 is 34.1 Å². The maximum atomic E-state index is 9.30. The number of para-hydroxylation sites is 1. The number of nitrogens with zero attached hydrogens (tertiary/aromatic N) is 2. The number of benzene rings is 5. The predicted molar refractivity (Wildman–Crippen MR) is 238 cm³/mol. The summed E-state index contributed by atoms with van der Waals surface area (Å²) in [7, 11) is 0. The topological polar surface area (TPSA) is 38.9 Å². The van der Waals surface area contributed by atoms with Crippen LogP contribution in [0.25, 0.3) is 66.7 Å². The zero-order chi connectivity index (χ0) is 45.7. The quantitative estimate of drug-likeness (QED) is 0.161. The van der Waals surface area contributed by atoms with Crippen molar-refractivity contribution in [3.05, 3.63) is 168 Å². The molecule has 3 aromatic heterocycles. The monoisotopic (exact) mass is 944 g/mol. The van der Waals surface area contributed by atoms with E-state index in [0.717, 1.165) is 51.6 Å². The molecule has 0 spiro atoms. The Bertz CT molecular complexity index is 2920. The van der Waals surface area contributed by atoms with Crippen molar-refractivity contribution in [1.82, 2.24) is 9.97 Å². The molecule has 5 aromatic carbocycles. The van der Waals surface area contributed by atoms with Crippen LogP contribution in [0.15, 0.2) is 138 Å². The molecule has 1 aliphatic rings. The molecule has 3 heterocycles. The van der Waals surface area contributed by atoms with Crippen molar-refractivity contribution in [3.8, 4) is 44.8 Å². The molecule has 0 unspecified atom stereocenters. The zero-order valence-electron chi connectivity index (χ0n) is 40.7. The summed E-state index contributed by atoms with van der Waals surface area (Å²) in [4.78, 5) is 9.07. The van der Waals surface area contributed by atoms with Gasteiger partial charge in [-0.05, 0) is 106 Å². The van der Waals surface area contributed by atoms with Crippen LogP contribution in [0.3, 0.4) is 0 Å². The van der Waals surface area contributed by atoms with E-state index in [4.69, 9.17) is 12.6 Å². The van der Waals surface area contributed by atoms with Crippen LogP contribution in [0.5, 0.6) is 0 Å². The van der Waals surface area contributed by atoms with Gasteiger partial charge in [-0.3, -0.25) is 0 Å². The minimum Gasteiger partial charge on any atom is -0.500 e. The number of rotatable bonds is 5. The van der Waals surface area contributed by atoms with Gasteiger partial charge in [0.25, 0.3) is 0 Å². The van der Waals surface area contributed by atoms with Gasteiger partial charge in [-0.15, -0.1) is 54.1 Å². The van der Waals surface area contributed by atoms with Crippen LogP contribution in [0.2, 0.25) is 0 Å². The second-order valence-electron chi connectivity index (χ2n) is 16.8. The van der Waals surface area contributed by atoms with Gasteiger partial charge < -0.3 is 14.4 Å². The van der Waals surface area contributed by atoms with Crippen LogP contribution in [0, 0.1) is 31.3 Å². The van der Waals surface area contributed by atoms with Gasteiger partial charge in [0.05, 0.1) is 5.58 Å². The van der Waals surface area contributed by atoms with Crippen molar-refractivity contribution in [2.24, 2.45) is 5.41 Å². The average Bonchev–Trinajstić information content (AvgIpc) is 3.66. The summed E-state index contributed by atoms with van der Waals surface area (Å²) < 4.78 is 66.4. The van der Waals surface area contributed by atoms with Gasteiger partial charge >= 0.3 is 0 Å². The second-order valence-corrected chi connectivity index (χ2v) is 16.8. The molecule has 9 rings (SSSR count). The zero-order valence-corrected chi connectivity index (χ0v) is 36.1. The summed E-state index contributed by atoms with van der Waals surface area (Å²) in [6.07, 6.45) is 6.26. The number of hydrogen-bond acceptors (Lipinski definition) is 3. The first kappa shape index (κ1) is 32.8. The molecule has 0 aliphatic heterocycles. The molecule has 8 aromatic rings. The van der Waals surface area contributed by atoms with Crippen LogP contribution in [0.4, 0.5) is 0 Å². The Labute approximate surface area is 368 Å². The maximum Gasteiger partial charge on any atom is 0.128 e. The Morgan fingerprint density at radius 1 is 0.690 bits per heavy atom. The van der Waals surface area contributed by atoms with E-state index in [1.165, 1.54) is 11.8 Å². The van der Waals surface area contributed by atoms with Gasteiger partial charge in [-0.25, -0.2) is 0 Å². The third-order valence-electron chi connectivity index (χ3n) is 11.2. The number of furan rings is 1. The molecular formula is C54H52IrN2O-2. The fraction of sp³-hybridized carbons (Fsp3) is 0.259. The fourth-order valence-corrected chi connectivity index (χ4v) is 7.68. The predicted octanol–water partition coefficient (Wildman–Crippen LogP) is 14.9. The van der Waals surface area contributed by atoms with Gasteiger partial charge in [0.1, 0.15) is 5.58 Å². The minimum absolute atomic E-state index is 0. The number of fused-ring (bicyclic) bond motifs is 3. The number of aromatic nitrogens is 2. The first-order valence-corrected chi connectivity index (χ1v) is 19.7. The number of hydrogen-bond donors (Lipinski definition) is 0. The molecule has 1 aliphatic carbocycles. The van der Waals surface area contributed by atoms with E-state index >= 15 is 0 Å². The second kappa shape index (κ2) is 17.0. The Kier molecular flexibility index (Phi) is 9.59. The molecule has 1 fully saturated rings. The van der Waals surface area contributed by atoms with Gasteiger partial charge in [0.15, 0.2) is 0 Å². The SMILES string of the molecule is CC(C)(C)c1ccc(-c2[c-]cccc2)nc1.[2H]C([2H])([2H])c1cnc(-c2[c-]ccc3c2oc2c(-c4ccccc4)cccc23)cc1-c1ccc(C2([2H])CCC(C)(C)CC2)cc1C([2H])([2H])[2H].[Ir]. The average molecular weight is 944 g/mol. The third kappa shape index (κ3) is 8.65. The van der Waals surface area contributed by atoms with Crippen LogP contribution < -0.4 is 0 Å². The molecule has 4 heteroatoms.